The van der Waals surface area contributed by atoms with Crippen molar-refractivity contribution in [1.82, 2.24) is 15.0 Å². The van der Waals surface area contributed by atoms with Crippen LogP contribution in [0.3, 0.4) is 0 Å². The summed E-state index contributed by atoms with van der Waals surface area (Å²) >= 11 is 15.8. The Morgan fingerprint density at radius 2 is 1.94 bits per heavy atom. The third-order valence-electron chi connectivity index (χ3n) is 5.21. The summed E-state index contributed by atoms with van der Waals surface area (Å²) in [5.41, 5.74) is 2.76. The van der Waals surface area contributed by atoms with Gasteiger partial charge in [0.15, 0.2) is 0 Å². The molecule has 0 unspecified atom stereocenters. The number of carbonyl (C=O) groups is 1. The maximum atomic E-state index is 13.2. The van der Waals surface area contributed by atoms with Crippen molar-refractivity contribution in [2.75, 3.05) is 23.8 Å². The van der Waals surface area contributed by atoms with Crippen molar-refractivity contribution >= 4 is 73.4 Å². The minimum absolute atomic E-state index is 0.136. The van der Waals surface area contributed by atoms with Gasteiger partial charge in [-0.25, -0.2) is 4.98 Å². The van der Waals surface area contributed by atoms with Crippen LogP contribution in [0, 0.1) is 0 Å². The Morgan fingerprint density at radius 1 is 1.18 bits per heavy atom. The van der Waals surface area contributed by atoms with Gasteiger partial charge in [0.05, 0.1) is 45.5 Å². The number of aromatic nitrogens is 3. The minimum atomic E-state index is -0.303. The number of hydrogen-bond donors (Lipinski definition) is 3. The predicted octanol–water partition coefficient (Wildman–Crippen LogP) is 6.19. The second-order valence-corrected chi connectivity index (χ2v) is 9.35. The monoisotopic (exact) mass is 561 g/mol. The molecular weight excluding hydrogens is 545 g/mol. The number of H-pyrrole nitrogens is 1. The van der Waals surface area contributed by atoms with Crippen molar-refractivity contribution in [3.8, 4) is 5.75 Å². The smallest absolute Gasteiger partial charge is 0.259 e. The third kappa shape index (κ3) is 4.97. The fourth-order valence-electron chi connectivity index (χ4n) is 3.54. The molecule has 1 aliphatic rings. The zero-order valence-electron chi connectivity index (χ0n) is 17.6. The SMILES string of the molecule is O=C(Nc1ccc(Br)cc1)c1cc2[nH]c(Nc3c(Cl)cncc3Cl)nc2cc1O[C@@H]1CCOC1. The van der Waals surface area contributed by atoms with E-state index >= 15 is 0 Å². The first kappa shape index (κ1) is 22.9. The summed E-state index contributed by atoms with van der Waals surface area (Å²) in [5, 5.41) is 6.70. The van der Waals surface area contributed by atoms with Crippen molar-refractivity contribution in [2.24, 2.45) is 0 Å². The van der Waals surface area contributed by atoms with Crippen LogP contribution in [0.2, 0.25) is 10.0 Å². The van der Waals surface area contributed by atoms with E-state index in [4.69, 9.17) is 32.7 Å². The number of rotatable bonds is 6. The lowest BCUT2D eigenvalue weighted by Gasteiger charge is -2.15. The summed E-state index contributed by atoms with van der Waals surface area (Å²) in [7, 11) is 0. The molecule has 0 radical (unpaired) electrons. The van der Waals surface area contributed by atoms with Gasteiger partial charge < -0.3 is 25.1 Å². The Balaban J connectivity index is 1.49. The number of amides is 1. The first-order valence-corrected chi connectivity index (χ1v) is 11.9. The number of benzene rings is 2. The molecule has 0 bridgehead atoms. The fraction of sp³-hybridized carbons (Fsp3) is 0.174. The van der Waals surface area contributed by atoms with Crippen LogP contribution in [0.15, 0.2) is 53.3 Å². The second-order valence-electron chi connectivity index (χ2n) is 7.62. The summed E-state index contributed by atoms with van der Waals surface area (Å²) in [6.07, 6.45) is 3.58. The zero-order chi connectivity index (χ0) is 23.7. The van der Waals surface area contributed by atoms with E-state index in [9.17, 15) is 4.79 Å². The molecule has 1 amide bonds. The number of aromatic amines is 1. The van der Waals surface area contributed by atoms with Gasteiger partial charge in [0.25, 0.3) is 5.91 Å². The van der Waals surface area contributed by atoms with E-state index in [1.807, 2.05) is 24.3 Å². The van der Waals surface area contributed by atoms with Gasteiger partial charge in [-0.15, -0.1) is 0 Å². The van der Waals surface area contributed by atoms with E-state index in [1.54, 1.807) is 12.1 Å². The van der Waals surface area contributed by atoms with Gasteiger partial charge >= 0.3 is 0 Å². The number of carbonyl (C=O) groups excluding carboxylic acids is 1. The largest absolute Gasteiger partial charge is 0.487 e. The number of imidazole rings is 1. The average Bonchev–Trinajstić information content (AvgIpc) is 3.46. The molecule has 0 spiro atoms. The van der Waals surface area contributed by atoms with Crippen molar-refractivity contribution < 1.29 is 14.3 Å². The Morgan fingerprint density at radius 3 is 2.65 bits per heavy atom. The molecule has 2 aromatic heterocycles. The van der Waals surface area contributed by atoms with Crippen molar-refractivity contribution in [3.63, 3.8) is 0 Å². The van der Waals surface area contributed by atoms with E-state index in [-0.39, 0.29) is 12.0 Å². The van der Waals surface area contributed by atoms with Crippen LogP contribution < -0.4 is 15.4 Å². The van der Waals surface area contributed by atoms with Crippen LogP contribution >= 0.6 is 39.1 Å². The lowest BCUT2D eigenvalue weighted by molar-refractivity contribution is 0.101. The van der Waals surface area contributed by atoms with Gasteiger partial charge in [0, 0.05) is 35.0 Å². The summed E-state index contributed by atoms with van der Waals surface area (Å²) in [4.78, 5) is 24.9. The number of nitrogens with zero attached hydrogens (tertiary/aromatic N) is 2. The molecule has 11 heteroatoms. The van der Waals surface area contributed by atoms with Gasteiger partial charge in [-0.3, -0.25) is 9.78 Å². The van der Waals surface area contributed by atoms with Crippen LogP contribution in [0.4, 0.5) is 17.3 Å². The molecule has 3 N–H and O–H groups in total. The zero-order valence-corrected chi connectivity index (χ0v) is 20.7. The van der Waals surface area contributed by atoms with Crippen LogP contribution in [0.5, 0.6) is 5.75 Å². The number of ether oxygens (including phenoxy) is 2. The maximum Gasteiger partial charge on any atom is 0.259 e. The number of anilines is 3. The molecular formula is C23H18BrCl2N5O3. The summed E-state index contributed by atoms with van der Waals surface area (Å²) in [6.45, 7) is 1.09. The van der Waals surface area contributed by atoms with Crippen LogP contribution in [0.1, 0.15) is 16.8 Å². The van der Waals surface area contributed by atoms with Crippen molar-refractivity contribution in [2.45, 2.75) is 12.5 Å². The maximum absolute atomic E-state index is 13.2. The summed E-state index contributed by atoms with van der Waals surface area (Å²) < 4.78 is 12.5. The molecule has 2 aromatic carbocycles. The molecule has 0 saturated carbocycles. The molecule has 1 saturated heterocycles. The van der Waals surface area contributed by atoms with Crippen LogP contribution in [-0.4, -0.2) is 40.2 Å². The fourth-order valence-corrected chi connectivity index (χ4v) is 4.26. The summed E-state index contributed by atoms with van der Waals surface area (Å²) in [5.74, 6) is 0.531. The third-order valence-corrected chi connectivity index (χ3v) is 6.31. The van der Waals surface area contributed by atoms with E-state index in [2.05, 4.69) is 41.5 Å². The van der Waals surface area contributed by atoms with E-state index in [0.717, 1.165) is 10.9 Å². The van der Waals surface area contributed by atoms with E-state index in [0.29, 0.717) is 62.9 Å². The highest BCUT2D eigenvalue weighted by molar-refractivity contribution is 9.10. The standard InChI is InChI=1S/C23H18BrCl2N5O3/c24-12-1-3-13(4-2-12)28-22(32)15-7-18-19(8-20(15)34-14-5-6-33-11-14)30-23(29-18)31-21-16(25)9-27-10-17(21)26/h1-4,7-10,14H,5-6,11H2,(H,28,32)(H2,27,29,30,31)/t14-/m1/s1. The van der Waals surface area contributed by atoms with E-state index in [1.165, 1.54) is 12.4 Å². The molecule has 34 heavy (non-hydrogen) atoms. The first-order chi connectivity index (χ1) is 16.5. The van der Waals surface area contributed by atoms with Gasteiger partial charge in [0.2, 0.25) is 5.95 Å². The normalized spacial score (nSPS) is 15.4. The van der Waals surface area contributed by atoms with Crippen LogP contribution in [0.25, 0.3) is 11.0 Å². The minimum Gasteiger partial charge on any atom is -0.487 e. The summed E-state index contributed by atoms with van der Waals surface area (Å²) in [6, 6.07) is 10.8. The number of hydrogen-bond acceptors (Lipinski definition) is 6. The highest BCUT2D eigenvalue weighted by Crippen LogP contribution is 2.33. The molecule has 8 nitrogen and oxygen atoms in total. The van der Waals surface area contributed by atoms with Crippen LogP contribution in [-0.2, 0) is 4.74 Å². The molecule has 1 aliphatic heterocycles. The highest BCUT2D eigenvalue weighted by atomic mass is 79.9. The quantitative estimate of drug-likeness (QED) is 0.259. The highest BCUT2D eigenvalue weighted by Gasteiger charge is 2.23. The molecule has 0 aliphatic carbocycles. The Bertz CT molecular complexity index is 1340. The Hall–Kier alpha value is -2.85. The molecule has 174 valence electrons. The van der Waals surface area contributed by atoms with Gasteiger partial charge in [-0.05, 0) is 30.3 Å². The van der Waals surface area contributed by atoms with Gasteiger partial charge in [0.1, 0.15) is 11.9 Å². The molecule has 3 heterocycles. The first-order valence-electron chi connectivity index (χ1n) is 10.4. The predicted molar refractivity (Wildman–Crippen MR) is 136 cm³/mol. The van der Waals surface area contributed by atoms with Crippen molar-refractivity contribution in [3.05, 3.63) is 68.9 Å². The number of fused-ring (bicyclic) bond motifs is 1. The lowest BCUT2D eigenvalue weighted by atomic mass is 10.1. The lowest BCUT2D eigenvalue weighted by Crippen LogP contribution is -2.19. The van der Waals surface area contributed by atoms with Gasteiger partial charge in [-0.2, -0.15) is 0 Å². The van der Waals surface area contributed by atoms with E-state index < -0.39 is 0 Å². The Labute approximate surface area is 213 Å². The average molecular weight is 563 g/mol. The molecule has 4 aromatic rings. The number of nitrogens with one attached hydrogen (secondary N) is 3. The molecule has 1 fully saturated rings. The molecule has 1 atom stereocenters. The van der Waals surface area contributed by atoms with Gasteiger partial charge in [-0.1, -0.05) is 39.1 Å². The number of pyridine rings is 1. The second kappa shape index (κ2) is 9.79. The topological polar surface area (TPSA) is 101 Å². The molecule has 5 rings (SSSR count). The number of halogens is 3. The Kier molecular flexibility index (Phi) is 6.60. The van der Waals surface area contributed by atoms with Crippen molar-refractivity contribution in [1.29, 1.82) is 0 Å².